The number of nitrogens with one attached hydrogen (secondary N) is 2. The summed E-state index contributed by atoms with van der Waals surface area (Å²) in [4.78, 5) is 48.3. The molecule has 32 heavy (non-hydrogen) atoms. The molecule has 1 unspecified atom stereocenters. The molecule has 0 heterocycles. The minimum atomic E-state index is -0.373. The Morgan fingerprint density at radius 3 is 2.47 bits per heavy atom. The van der Waals surface area contributed by atoms with Crippen LogP contribution < -0.4 is 10.6 Å². The Balaban J connectivity index is 2.34. The largest absolute Gasteiger partial charge is 0.355 e. The number of rotatable bonds is 13. The lowest BCUT2D eigenvalue weighted by Gasteiger charge is -2.16. The van der Waals surface area contributed by atoms with E-state index < -0.39 is 0 Å². The Bertz CT molecular complexity index is 839. The van der Waals surface area contributed by atoms with Crippen LogP contribution in [0.4, 0.5) is 5.69 Å². The van der Waals surface area contributed by atoms with Crippen molar-refractivity contribution in [1.29, 1.82) is 0 Å². The Morgan fingerprint density at radius 2 is 1.84 bits per heavy atom. The smallest absolute Gasteiger partial charge is 0.252 e. The van der Waals surface area contributed by atoms with Crippen molar-refractivity contribution >= 4 is 42.4 Å². The molecule has 0 saturated heterocycles. The van der Waals surface area contributed by atoms with Crippen LogP contribution in [0, 0.1) is 19.8 Å². The first-order chi connectivity index (χ1) is 15.2. The number of carbonyl (C=O) groups is 4. The molecule has 0 saturated carbocycles. The zero-order valence-electron chi connectivity index (χ0n) is 19.4. The minimum absolute atomic E-state index is 0.118. The predicted molar refractivity (Wildman–Crippen MR) is 130 cm³/mol. The van der Waals surface area contributed by atoms with Gasteiger partial charge in [0.1, 0.15) is 0 Å². The molecule has 7 nitrogen and oxygen atoms in total. The number of benzene rings is 1. The van der Waals surface area contributed by atoms with Crippen molar-refractivity contribution in [1.82, 2.24) is 10.2 Å². The van der Waals surface area contributed by atoms with Gasteiger partial charge in [-0.05, 0) is 62.4 Å². The van der Waals surface area contributed by atoms with Gasteiger partial charge in [-0.3, -0.25) is 24.1 Å². The van der Waals surface area contributed by atoms with Crippen LogP contribution in [-0.4, -0.2) is 42.1 Å². The zero-order valence-corrected chi connectivity index (χ0v) is 20.3. The van der Waals surface area contributed by atoms with Gasteiger partial charge in [0.2, 0.25) is 18.2 Å². The summed E-state index contributed by atoms with van der Waals surface area (Å²) >= 11 is 4.32. The van der Waals surface area contributed by atoms with E-state index in [-0.39, 0.29) is 30.2 Å². The first-order valence-electron chi connectivity index (χ1n) is 10.9. The van der Waals surface area contributed by atoms with Gasteiger partial charge in [-0.25, -0.2) is 0 Å². The predicted octanol–water partition coefficient (Wildman–Crippen LogP) is 3.55. The topological polar surface area (TPSA) is 95.6 Å². The van der Waals surface area contributed by atoms with Crippen LogP contribution in [0.2, 0.25) is 0 Å². The van der Waals surface area contributed by atoms with E-state index in [1.807, 2.05) is 26.0 Å². The standard InChI is InChI=1S/C24H35N3O4S/c1-5-9-23(30)27(16-28)11-8-6-7-10-22(29)25-14-19(4)24(31)26-21-13-17(2)20(15-32)12-18(21)3/h5,9,12-13,16,19,32H,6-8,10-11,14-15H2,1-4H3,(H,25,29)(H,26,31)/b9-5-. The fourth-order valence-electron chi connectivity index (χ4n) is 3.08. The molecule has 1 aromatic rings. The highest BCUT2D eigenvalue weighted by Gasteiger charge is 2.16. The average Bonchev–Trinajstić information content (AvgIpc) is 2.76. The second-order valence-corrected chi connectivity index (χ2v) is 8.21. The van der Waals surface area contributed by atoms with E-state index in [1.54, 1.807) is 19.9 Å². The third-order valence-corrected chi connectivity index (χ3v) is 5.53. The third-order valence-electron chi connectivity index (χ3n) is 5.19. The number of amides is 4. The molecule has 1 rings (SSSR count). The van der Waals surface area contributed by atoms with Crippen molar-refractivity contribution in [3.63, 3.8) is 0 Å². The summed E-state index contributed by atoms with van der Waals surface area (Å²) in [7, 11) is 0. The SMILES string of the molecule is C/C=C\C(=O)N(C=O)CCCCCC(=O)NCC(C)C(=O)Nc1cc(C)c(CS)cc1C. The lowest BCUT2D eigenvalue weighted by molar-refractivity contribution is -0.134. The summed E-state index contributed by atoms with van der Waals surface area (Å²) < 4.78 is 0. The van der Waals surface area contributed by atoms with Gasteiger partial charge in [0.05, 0.1) is 5.92 Å². The molecule has 0 spiro atoms. The fourth-order valence-corrected chi connectivity index (χ4v) is 3.42. The number of hydrogen-bond donors (Lipinski definition) is 3. The first-order valence-corrected chi connectivity index (χ1v) is 11.5. The molecular formula is C24H35N3O4S. The summed E-state index contributed by atoms with van der Waals surface area (Å²) in [6.45, 7) is 8.01. The van der Waals surface area contributed by atoms with E-state index in [1.165, 1.54) is 6.08 Å². The van der Waals surface area contributed by atoms with Crippen molar-refractivity contribution in [3.8, 4) is 0 Å². The molecule has 0 aliphatic rings. The summed E-state index contributed by atoms with van der Waals surface area (Å²) in [5, 5.41) is 5.74. The Hall–Kier alpha value is -2.61. The molecular weight excluding hydrogens is 426 g/mol. The van der Waals surface area contributed by atoms with E-state index in [0.717, 1.165) is 33.7 Å². The van der Waals surface area contributed by atoms with Crippen LogP contribution in [0.3, 0.4) is 0 Å². The Morgan fingerprint density at radius 1 is 1.12 bits per heavy atom. The maximum atomic E-state index is 12.5. The van der Waals surface area contributed by atoms with Crippen LogP contribution in [0.5, 0.6) is 0 Å². The van der Waals surface area contributed by atoms with Gasteiger partial charge in [0.25, 0.3) is 5.91 Å². The highest BCUT2D eigenvalue weighted by Crippen LogP contribution is 2.22. The third kappa shape index (κ3) is 9.26. The molecule has 0 aliphatic carbocycles. The van der Waals surface area contributed by atoms with Crippen LogP contribution in [0.25, 0.3) is 0 Å². The van der Waals surface area contributed by atoms with Crippen LogP contribution in [-0.2, 0) is 24.9 Å². The molecule has 0 aromatic heterocycles. The minimum Gasteiger partial charge on any atom is -0.355 e. The Labute approximate surface area is 196 Å². The van der Waals surface area contributed by atoms with Crippen LogP contribution in [0.1, 0.15) is 56.2 Å². The van der Waals surface area contributed by atoms with Crippen molar-refractivity contribution in [2.45, 2.75) is 59.1 Å². The van der Waals surface area contributed by atoms with Gasteiger partial charge in [0, 0.05) is 31.0 Å². The molecule has 0 fully saturated rings. The number of carbonyl (C=O) groups excluding carboxylic acids is 4. The van der Waals surface area contributed by atoms with Crippen molar-refractivity contribution < 1.29 is 19.2 Å². The van der Waals surface area contributed by atoms with Gasteiger partial charge >= 0.3 is 0 Å². The van der Waals surface area contributed by atoms with Gasteiger partial charge in [-0.15, -0.1) is 0 Å². The van der Waals surface area contributed by atoms with E-state index >= 15 is 0 Å². The molecule has 8 heteroatoms. The molecule has 2 N–H and O–H groups in total. The van der Waals surface area contributed by atoms with Gasteiger partial charge in [-0.1, -0.05) is 25.5 Å². The van der Waals surface area contributed by atoms with Crippen molar-refractivity contribution in [2.24, 2.45) is 5.92 Å². The number of hydrogen-bond acceptors (Lipinski definition) is 5. The fraction of sp³-hybridized carbons (Fsp3) is 0.500. The Kier molecular flexibility index (Phi) is 12.4. The molecule has 4 amide bonds. The average molecular weight is 462 g/mol. The summed E-state index contributed by atoms with van der Waals surface area (Å²) in [5.41, 5.74) is 3.95. The van der Waals surface area contributed by atoms with Gasteiger partial charge in [0.15, 0.2) is 0 Å². The zero-order chi connectivity index (χ0) is 24.1. The summed E-state index contributed by atoms with van der Waals surface area (Å²) in [6, 6.07) is 3.97. The van der Waals surface area contributed by atoms with Crippen LogP contribution >= 0.6 is 12.6 Å². The number of aryl methyl sites for hydroxylation is 2. The lowest BCUT2D eigenvalue weighted by Crippen LogP contribution is -2.34. The van der Waals surface area contributed by atoms with Crippen LogP contribution in [0.15, 0.2) is 24.3 Å². The van der Waals surface area contributed by atoms with Gasteiger partial charge in [-0.2, -0.15) is 12.6 Å². The summed E-state index contributed by atoms with van der Waals surface area (Å²) in [5.74, 6) is -0.330. The number of unbranched alkanes of at least 4 members (excludes halogenated alkanes) is 2. The number of nitrogens with zero attached hydrogens (tertiary/aromatic N) is 1. The van der Waals surface area contributed by atoms with E-state index in [0.29, 0.717) is 38.0 Å². The normalized spacial score (nSPS) is 11.8. The lowest BCUT2D eigenvalue weighted by atomic mass is 10.0. The first kappa shape index (κ1) is 27.4. The van der Waals surface area contributed by atoms with E-state index in [2.05, 4.69) is 23.3 Å². The molecule has 1 aromatic carbocycles. The highest BCUT2D eigenvalue weighted by molar-refractivity contribution is 7.79. The number of imide groups is 1. The maximum absolute atomic E-state index is 12.5. The maximum Gasteiger partial charge on any atom is 0.252 e. The van der Waals surface area contributed by atoms with Crippen molar-refractivity contribution in [3.05, 3.63) is 41.0 Å². The van der Waals surface area contributed by atoms with Crippen molar-refractivity contribution in [2.75, 3.05) is 18.4 Å². The second-order valence-electron chi connectivity index (χ2n) is 7.89. The highest BCUT2D eigenvalue weighted by atomic mass is 32.1. The molecule has 0 radical (unpaired) electrons. The summed E-state index contributed by atoms with van der Waals surface area (Å²) in [6.07, 6.45) is 5.80. The second kappa shape index (κ2) is 14.5. The molecule has 1 atom stereocenters. The van der Waals surface area contributed by atoms with Gasteiger partial charge < -0.3 is 10.6 Å². The molecule has 0 aliphatic heterocycles. The number of anilines is 1. The molecule has 0 bridgehead atoms. The van der Waals surface area contributed by atoms with E-state index in [4.69, 9.17) is 0 Å². The van der Waals surface area contributed by atoms with E-state index in [9.17, 15) is 19.2 Å². The quantitative estimate of drug-likeness (QED) is 0.181. The number of allylic oxidation sites excluding steroid dienone is 1. The molecule has 176 valence electrons. The monoisotopic (exact) mass is 461 g/mol. The number of thiol groups is 1.